The molecular weight excluding hydrogens is 436 g/mol. The summed E-state index contributed by atoms with van der Waals surface area (Å²) in [4.78, 5) is 13.3. The van der Waals surface area contributed by atoms with Crippen LogP contribution in [0.4, 0.5) is 0 Å². The number of aromatic hydroxyl groups is 1. The lowest BCUT2D eigenvalue weighted by Crippen LogP contribution is -2.49. The molecule has 0 spiro atoms. The zero-order valence-corrected chi connectivity index (χ0v) is 18.6. The molecule has 3 rings (SSSR count). The smallest absolute Gasteiger partial charge is 0.262 e. The predicted molar refractivity (Wildman–Crippen MR) is 118 cm³/mol. The molecule has 0 unspecified atom stereocenters. The molecule has 2 aromatic carbocycles. The molecule has 9 heteroatoms. The van der Waals surface area contributed by atoms with Gasteiger partial charge in [0.15, 0.2) is 0 Å². The highest BCUT2D eigenvalue weighted by molar-refractivity contribution is 7.89. The summed E-state index contributed by atoms with van der Waals surface area (Å²) in [5.74, 6) is -0.884. The van der Waals surface area contributed by atoms with Crippen LogP contribution in [-0.2, 0) is 34.2 Å². The van der Waals surface area contributed by atoms with Crippen LogP contribution < -0.4 is 5.48 Å². The summed E-state index contributed by atoms with van der Waals surface area (Å²) in [5.41, 5.74) is 3.44. The van der Waals surface area contributed by atoms with Gasteiger partial charge in [-0.3, -0.25) is 10.0 Å². The molecule has 1 amide bonds. The van der Waals surface area contributed by atoms with Crippen molar-refractivity contribution in [2.75, 3.05) is 0 Å². The Hall–Kier alpha value is -2.72. The van der Waals surface area contributed by atoms with Crippen molar-refractivity contribution >= 4 is 27.3 Å². The number of nitrogens with one attached hydrogen (secondary N) is 1. The van der Waals surface area contributed by atoms with E-state index in [9.17, 15) is 23.5 Å². The van der Waals surface area contributed by atoms with Crippen LogP contribution in [0.3, 0.4) is 0 Å². The van der Waals surface area contributed by atoms with Crippen molar-refractivity contribution in [1.29, 1.82) is 0 Å². The highest BCUT2D eigenvalue weighted by Gasteiger charge is 2.36. The van der Waals surface area contributed by atoms with E-state index in [1.807, 2.05) is 48.7 Å². The zero-order valence-electron chi connectivity index (χ0n) is 16.9. The van der Waals surface area contributed by atoms with Crippen LogP contribution >= 0.6 is 11.3 Å². The number of rotatable bonds is 9. The minimum atomic E-state index is -4.13. The van der Waals surface area contributed by atoms with E-state index in [4.69, 9.17) is 0 Å². The van der Waals surface area contributed by atoms with Gasteiger partial charge >= 0.3 is 0 Å². The van der Waals surface area contributed by atoms with Crippen molar-refractivity contribution in [3.8, 4) is 5.75 Å². The van der Waals surface area contributed by atoms with Crippen molar-refractivity contribution in [3.05, 3.63) is 82.0 Å². The van der Waals surface area contributed by atoms with Crippen molar-refractivity contribution < 1.29 is 23.5 Å². The molecule has 0 bridgehead atoms. The fourth-order valence-corrected chi connectivity index (χ4v) is 5.51. The van der Waals surface area contributed by atoms with Crippen LogP contribution in [0.1, 0.15) is 22.9 Å². The number of benzene rings is 2. The van der Waals surface area contributed by atoms with Crippen molar-refractivity contribution in [1.82, 2.24) is 9.79 Å². The molecule has 0 fully saturated rings. The van der Waals surface area contributed by atoms with E-state index in [-0.39, 0.29) is 23.6 Å². The Morgan fingerprint density at radius 3 is 2.26 bits per heavy atom. The first-order valence-corrected chi connectivity index (χ1v) is 12.0. The third-order valence-electron chi connectivity index (χ3n) is 4.95. The standard InChI is InChI=1S/C22H24N2O5S2/c1-2-16-5-7-17(8-6-16)15-24(31(28,29)20-11-9-18(25)10-12-20)21(22(26)23-27)14-19-4-3-13-30-19/h3-13,21,25,27H,2,14-15H2,1H3,(H,23,26)/t21-/m1/s1. The first kappa shape index (κ1) is 23.0. The largest absolute Gasteiger partial charge is 0.508 e. The molecule has 0 aliphatic carbocycles. The summed E-state index contributed by atoms with van der Waals surface area (Å²) in [6, 6.07) is 15.1. The van der Waals surface area contributed by atoms with E-state index in [0.29, 0.717) is 5.56 Å². The second kappa shape index (κ2) is 10.1. The van der Waals surface area contributed by atoms with Gasteiger partial charge in [0.05, 0.1) is 4.90 Å². The minimum Gasteiger partial charge on any atom is -0.508 e. The number of thiophene rings is 1. The highest BCUT2D eigenvalue weighted by atomic mass is 32.2. The van der Waals surface area contributed by atoms with Crippen molar-refractivity contribution in [2.24, 2.45) is 0 Å². The molecule has 0 aliphatic rings. The number of hydrogen-bond donors (Lipinski definition) is 3. The number of hydroxylamine groups is 1. The van der Waals surface area contributed by atoms with Crippen LogP contribution in [0.15, 0.2) is 70.9 Å². The van der Waals surface area contributed by atoms with E-state index in [2.05, 4.69) is 0 Å². The maximum Gasteiger partial charge on any atom is 0.262 e. The molecule has 0 saturated heterocycles. The zero-order chi connectivity index (χ0) is 22.4. The summed E-state index contributed by atoms with van der Waals surface area (Å²) in [6.07, 6.45) is 0.956. The first-order chi connectivity index (χ1) is 14.8. The first-order valence-electron chi connectivity index (χ1n) is 9.70. The lowest BCUT2D eigenvalue weighted by Gasteiger charge is -2.29. The number of amides is 1. The Kier molecular flexibility index (Phi) is 7.45. The summed E-state index contributed by atoms with van der Waals surface area (Å²) < 4.78 is 28.2. The van der Waals surface area contributed by atoms with Crippen LogP contribution in [0.2, 0.25) is 0 Å². The molecule has 0 saturated carbocycles. The molecule has 3 aromatic rings. The van der Waals surface area contributed by atoms with E-state index in [1.54, 1.807) is 5.48 Å². The van der Waals surface area contributed by atoms with E-state index in [0.717, 1.165) is 21.2 Å². The molecule has 1 atom stereocenters. The predicted octanol–water partition coefficient (Wildman–Crippen LogP) is 3.32. The SMILES string of the molecule is CCc1ccc(CN([C@H](Cc2cccs2)C(=O)NO)S(=O)(=O)c2ccc(O)cc2)cc1. The lowest BCUT2D eigenvalue weighted by molar-refractivity contribution is -0.133. The van der Waals surface area contributed by atoms with Gasteiger partial charge in [-0.1, -0.05) is 37.3 Å². The van der Waals surface area contributed by atoms with E-state index >= 15 is 0 Å². The quantitative estimate of drug-likeness (QED) is 0.335. The lowest BCUT2D eigenvalue weighted by atomic mass is 10.1. The summed E-state index contributed by atoms with van der Waals surface area (Å²) >= 11 is 1.40. The van der Waals surface area contributed by atoms with Gasteiger partial charge in [0, 0.05) is 17.8 Å². The summed E-state index contributed by atoms with van der Waals surface area (Å²) in [7, 11) is -4.13. The second-order valence-electron chi connectivity index (χ2n) is 6.99. The van der Waals surface area contributed by atoms with E-state index in [1.165, 1.54) is 35.6 Å². The van der Waals surface area contributed by atoms with Gasteiger partial charge in [-0.05, 0) is 53.3 Å². The highest BCUT2D eigenvalue weighted by Crippen LogP contribution is 2.26. The molecule has 7 nitrogen and oxygen atoms in total. The Balaban J connectivity index is 2.05. The van der Waals surface area contributed by atoms with Gasteiger partial charge in [0.1, 0.15) is 11.8 Å². The average molecular weight is 461 g/mol. The van der Waals surface area contributed by atoms with Gasteiger partial charge in [0.25, 0.3) is 5.91 Å². The second-order valence-corrected chi connectivity index (χ2v) is 9.91. The van der Waals surface area contributed by atoms with Crippen molar-refractivity contribution in [2.45, 2.75) is 37.2 Å². The van der Waals surface area contributed by atoms with Gasteiger partial charge in [0.2, 0.25) is 10.0 Å². The van der Waals surface area contributed by atoms with Crippen molar-refractivity contribution in [3.63, 3.8) is 0 Å². The maximum absolute atomic E-state index is 13.5. The number of sulfonamides is 1. The molecule has 1 aromatic heterocycles. The van der Waals surface area contributed by atoms with Crippen LogP contribution in [0.5, 0.6) is 5.75 Å². The van der Waals surface area contributed by atoms with Crippen LogP contribution in [0, 0.1) is 0 Å². The summed E-state index contributed by atoms with van der Waals surface area (Å²) in [6.45, 7) is 1.97. The number of nitrogens with zero attached hydrogens (tertiary/aromatic N) is 1. The third kappa shape index (κ3) is 5.50. The van der Waals surface area contributed by atoms with E-state index < -0.39 is 22.0 Å². The van der Waals surface area contributed by atoms with Gasteiger partial charge in [-0.25, -0.2) is 13.9 Å². The fraction of sp³-hybridized carbons (Fsp3) is 0.227. The molecule has 0 radical (unpaired) electrons. The molecule has 164 valence electrons. The Morgan fingerprint density at radius 1 is 1.06 bits per heavy atom. The number of hydrogen-bond acceptors (Lipinski definition) is 6. The molecular formula is C22H24N2O5S2. The number of carbonyl (C=O) groups excluding carboxylic acids is 1. The van der Waals surface area contributed by atoms with Gasteiger partial charge < -0.3 is 5.11 Å². The number of phenols is 1. The molecule has 1 heterocycles. The average Bonchev–Trinajstić information content (AvgIpc) is 3.29. The molecule has 0 aliphatic heterocycles. The van der Waals surface area contributed by atoms with Gasteiger partial charge in [-0.15, -0.1) is 11.3 Å². The Labute approximate surface area is 185 Å². The Morgan fingerprint density at radius 2 is 1.71 bits per heavy atom. The monoisotopic (exact) mass is 460 g/mol. The van der Waals surface area contributed by atoms with Crippen LogP contribution in [-0.4, -0.2) is 35.0 Å². The topological polar surface area (TPSA) is 107 Å². The Bertz CT molecular complexity index is 1100. The maximum atomic E-state index is 13.5. The third-order valence-corrected chi connectivity index (χ3v) is 7.72. The van der Waals surface area contributed by atoms with Gasteiger partial charge in [-0.2, -0.15) is 4.31 Å². The normalized spacial score (nSPS) is 12.6. The number of carbonyl (C=O) groups is 1. The molecule has 3 N–H and O–H groups in total. The van der Waals surface area contributed by atoms with Crippen LogP contribution in [0.25, 0.3) is 0 Å². The fourth-order valence-electron chi connectivity index (χ4n) is 3.20. The minimum absolute atomic E-state index is 0.0580. The number of aryl methyl sites for hydroxylation is 1. The summed E-state index contributed by atoms with van der Waals surface area (Å²) in [5, 5.41) is 20.7. The number of phenolic OH excluding ortho intramolecular Hbond substituents is 1. The molecule has 31 heavy (non-hydrogen) atoms.